The van der Waals surface area contributed by atoms with Crippen molar-refractivity contribution in [3.8, 4) is 17.2 Å². The molecular weight excluding hydrogens is 290 g/mol. The fourth-order valence-corrected chi connectivity index (χ4v) is 2.25. The Hall–Kier alpha value is -1.91. The van der Waals surface area contributed by atoms with Crippen LogP contribution in [-0.4, -0.2) is 14.2 Å². The molecule has 2 rings (SSSR count). The molecule has 0 spiro atoms. The second-order valence-corrected chi connectivity index (χ2v) is 4.83. The highest BCUT2D eigenvalue weighted by atomic mass is 35.5. The molecule has 2 N–H and O–H groups in total. The van der Waals surface area contributed by atoms with Crippen molar-refractivity contribution in [2.75, 3.05) is 14.2 Å². The zero-order valence-electron chi connectivity index (χ0n) is 12.1. The molecule has 0 aliphatic carbocycles. The van der Waals surface area contributed by atoms with Gasteiger partial charge in [-0.05, 0) is 24.3 Å². The zero-order chi connectivity index (χ0) is 15.2. The van der Waals surface area contributed by atoms with Gasteiger partial charge in [0.15, 0.2) is 11.5 Å². The molecule has 21 heavy (non-hydrogen) atoms. The Labute approximate surface area is 129 Å². The second kappa shape index (κ2) is 7.20. The lowest BCUT2D eigenvalue weighted by Gasteiger charge is -2.15. The van der Waals surface area contributed by atoms with Gasteiger partial charge >= 0.3 is 0 Å². The number of nitrogens with two attached hydrogens (primary N) is 1. The predicted octanol–water partition coefficient (Wildman–Crippen LogP) is 3.39. The molecule has 0 saturated carbocycles. The highest BCUT2D eigenvalue weighted by molar-refractivity contribution is 6.30. The molecule has 0 amide bonds. The Morgan fingerprint density at radius 2 is 1.76 bits per heavy atom. The highest BCUT2D eigenvalue weighted by Crippen LogP contribution is 2.32. The maximum absolute atomic E-state index is 6.02. The summed E-state index contributed by atoms with van der Waals surface area (Å²) >= 11 is 6.02. The first-order valence-corrected chi connectivity index (χ1v) is 6.88. The van der Waals surface area contributed by atoms with E-state index in [0.717, 1.165) is 16.9 Å². The van der Waals surface area contributed by atoms with Gasteiger partial charge in [0.1, 0.15) is 12.4 Å². The minimum atomic E-state index is 0.317. The maximum Gasteiger partial charge on any atom is 0.166 e. The SMILES string of the molecule is COc1ccc(Cl)cc1COc1c(CN)cccc1OC. The van der Waals surface area contributed by atoms with Crippen LogP contribution in [0.25, 0.3) is 0 Å². The quantitative estimate of drug-likeness (QED) is 0.888. The summed E-state index contributed by atoms with van der Waals surface area (Å²) in [6.45, 7) is 0.691. The Kier molecular flexibility index (Phi) is 5.31. The third-order valence-electron chi connectivity index (χ3n) is 3.11. The van der Waals surface area contributed by atoms with Crippen LogP contribution in [0.15, 0.2) is 36.4 Å². The van der Waals surface area contributed by atoms with Crippen molar-refractivity contribution in [2.24, 2.45) is 5.73 Å². The number of ether oxygens (including phenoxy) is 3. The molecule has 0 bridgehead atoms. The average Bonchev–Trinajstić information content (AvgIpc) is 2.52. The van der Waals surface area contributed by atoms with Crippen LogP contribution in [0.5, 0.6) is 17.2 Å². The van der Waals surface area contributed by atoms with E-state index in [1.807, 2.05) is 30.3 Å². The summed E-state index contributed by atoms with van der Waals surface area (Å²) < 4.78 is 16.5. The average molecular weight is 308 g/mol. The van der Waals surface area contributed by atoms with Crippen molar-refractivity contribution in [2.45, 2.75) is 13.2 Å². The van der Waals surface area contributed by atoms with Crippen molar-refractivity contribution in [3.05, 3.63) is 52.5 Å². The second-order valence-electron chi connectivity index (χ2n) is 4.40. The summed E-state index contributed by atoms with van der Waals surface area (Å²) in [7, 11) is 3.21. The summed E-state index contributed by atoms with van der Waals surface area (Å²) in [5.41, 5.74) is 7.49. The fourth-order valence-electron chi connectivity index (χ4n) is 2.06. The van der Waals surface area contributed by atoms with E-state index in [9.17, 15) is 0 Å². The first kappa shape index (κ1) is 15.5. The topological polar surface area (TPSA) is 53.7 Å². The predicted molar refractivity (Wildman–Crippen MR) is 83.2 cm³/mol. The molecule has 0 aliphatic heterocycles. The normalized spacial score (nSPS) is 10.3. The Balaban J connectivity index is 2.26. The lowest BCUT2D eigenvalue weighted by molar-refractivity contribution is 0.275. The van der Waals surface area contributed by atoms with Crippen LogP contribution in [0.1, 0.15) is 11.1 Å². The minimum Gasteiger partial charge on any atom is -0.496 e. The maximum atomic E-state index is 6.02. The highest BCUT2D eigenvalue weighted by Gasteiger charge is 2.11. The van der Waals surface area contributed by atoms with E-state index in [1.54, 1.807) is 20.3 Å². The summed E-state index contributed by atoms with van der Waals surface area (Å²) in [6.07, 6.45) is 0. The van der Waals surface area contributed by atoms with Crippen LogP contribution >= 0.6 is 11.6 Å². The molecule has 0 radical (unpaired) electrons. The van der Waals surface area contributed by atoms with E-state index in [-0.39, 0.29) is 0 Å². The summed E-state index contributed by atoms with van der Waals surface area (Å²) in [5.74, 6) is 2.02. The van der Waals surface area contributed by atoms with E-state index in [0.29, 0.717) is 29.7 Å². The first-order chi connectivity index (χ1) is 10.2. The zero-order valence-corrected chi connectivity index (χ0v) is 12.8. The van der Waals surface area contributed by atoms with Crippen molar-refractivity contribution >= 4 is 11.6 Å². The molecule has 112 valence electrons. The molecular formula is C16H18ClNO3. The van der Waals surface area contributed by atoms with E-state index in [4.69, 9.17) is 31.5 Å². The van der Waals surface area contributed by atoms with Gasteiger partial charge in [0.25, 0.3) is 0 Å². The van der Waals surface area contributed by atoms with Crippen molar-refractivity contribution in [1.29, 1.82) is 0 Å². The molecule has 5 heteroatoms. The largest absolute Gasteiger partial charge is 0.496 e. The van der Waals surface area contributed by atoms with Crippen LogP contribution in [0.3, 0.4) is 0 Å². The van der Waals surface area contributed by atoms with Crippen LogP contribution in [0, 0.1) is 0 Å². The molecule has 4 nitrogen and oxygen atoms in total. The van der Waals surface area contributed by atoms with Gasteiger partial charge < -0.3 is 19.9 Å². The molecule has 0 heterocycles. The molecule has 0 aromatic heterocycles. The molecule has 0 atom stereocenters. The minimum absolute atomic E-state index is 0.317. The fraction of sp³-hybridized carbons (Fsp3) is 0.250. The van der Waals surface area contributed by atoms with Gasteiger partial charge in [0.2, 0.25) is 0 Å². The number of methoxy groups -OCH3 is 2. The van der Waals surface area contributed by atoms with Gasteiger partial charge in [-0.25, -0.2) is 0 Å². The third-order valence-corrected chi connectivity index (χ3v) is 3.35. The standard InChI is InChI=1S/C16H18ClNO3/c1-19-14-7-6-13(17)8-12(14)10-21-16-11(9-18)4-3-5-15(16)20-2/h3-8H,9-10,18H2,1-2H3. The monoisotopic (exact) mass is 307 g/mol. The van der Waals surface area contributed by atoms with Crippen molar-refractivity contribution in [3.63, 3.8) is 0 Å². The van der Waals surface area contributed by atoms with Crippen molar-refractivity contribution in [1.82, 2.24) is 0 Å². The number of hydrogen-bond acceptors (Lipinski definition) is 4. The van der Waals surface area contributed by atoms with Gasteiger partial charge in [-0.2, -0.15) is 0 Å². The molecule has 0 saturated heterocycles. The number of benzene rings is 2. The summed E-state index contributed by atoms with van der Waals surface area (Å²) in [6, 6.07) is 11.0. The smallest absolute Gasteiger partial charge is 0.166 e. The van der Waals surface area contributed by atoms with Crippen LogP contribution in [0.4, 0.5) is 0 Å². The van der Waals surface area contributed by atoms with Crippen LogP contribution < -0.4 is 19.9 Å². The van der Waals surface area contributed by atoms with E-state index in [2.05, 4.69) is 0 Å². The van der Waals surface area contributed by atoms with E-state index in [1.165, 1.54) is 0 Å². The van der Waals surface area contributed by atoms with E-state index < -0.39 is 0 Å². The molecule has 2 aromatic carbocycles. The summed E-state index contributed by atoms with van der Waals surface area (Å²) in [4.78, 5) is 0. The number of hydrogen-bond donors (Lipinski definition) is 1. The third kappa shape index (κ3) is 3.60. The van der Waals surface area contributed by atoms with Gasteiger partial charge in [0.05, 0.1) is 14.2 Å². The number of rotatable bonds is 6. The Bertz CT molecular complexity index is 594. The van der Waals surface area contributed by atoms with Crippen LogP contribution in [-0.2, 0) is 13.2 Å². The lowest BCUT2D eigenvalue weighted by Crippen LogP contribution is -2.05. The number of para-hydroxylation sites is 1. The van der Waals surface area contributed by atoms with Crippen molar-refractivity contribution < 1.29 is 14.2 Å². The van der Waals surface area contributed by atoms with Crippen LogP contribution in [0.2, 0.25) is 5.02 Å². The van der Waals surface area contributed by atoms with E-state index >= 15 is 0 Å². The number of halogens is 1. The van der Waals surface area contributed by atoms with Gasteiger partial charge in [-0.3, -0.25) is 0 Å². The summed E-state index contributed by atoms with van der Waals surface area (Å²) in [5, 5.41) is 0.633. The molecule has 2 aromatic rings. The van der Waals surface area contributed by atoms with Gasteiger partial charge in [-0.15, -0.1) is 0 Å². The Morgan fingerprint density at radius 1 is 1.00 bits per heavy atom. The molecule has 0 fully saturated rings. The molecule has 0 aliphatic rings. The lowest BCUT2D eigenvalue weighted by atomic mass is 10.1. The van der Waals surface area contributed by atoms with Gasteiger partial charge in [-0.1, -0.05) is 23.7 Å². The Morgan fingerprint density at radius 3 is 2.43 bits per heavy atom. The first-order valence-electron chi connectivity index (χ1n) is 6.50. The van der Waals surface area contributed by atoms with Gasteiger partial charge in [0, 0.05) is 22.7 Å². The molecule has 0 unspecified atom stereocenters.